The van der Waals surface area contributed by atoms with Gasteiger partial charge in [0.25, 0.3) is 5.91 Å². The van der Waals surface area contributed by atoms with Crippen LogP contribution in [0.5, 0.6) is 0 Å². The largest absolute Gasteiger partial charge is 0.455 e. The van der Waals surface area contributed by atoms with E-state index in [9.17, 15) is 24.3 Å². The fourth-order valence-corrected chi connectivity index (χ4v) is 9.24. The van der Waals surface area contributed by atoms with Crippen LogP contribution in [0.4, 0.5) is 5.69 Å². The highest BCUT2D eigenvalue weighted by Crippen LogP contribution is 2.60. The monoisotopic (exact) mass is 783 g/mol. The smallest absolute Gasteiger partial charge is 0.313 e. The Morgan fingerprint density at radius 3 is 2.53 bits per heavy atom. The molecule has 1 spiro atoms. The first-order valence-corrected chi connectivity index (χ1v) is 18.7. The lowest BCUT2D eigenvalue weighted by molar-refractivity contribution is -0.164. The molecule has 2 aromatic rings. The summed E-state index contributed by atoms with van der Waals surface area (Å²) in [6.07, 6.45) is 3.66. The number of carbonyl (C=O) groups excluding carboxylic acids is 4. The van der Waals surface area contributed by atoms with Crippen molar-refractivity contribution in [1.82, 2.24) is 9.80 Å². The first kappa shape index (κ1) is 38.7. The Hall–Kier alpha value is -3.51. The Labute approximate surface area is 313 Å². The molecule has 3 fully saturated rings. The molecule has 3 saturated heterocycles. The van der Waals surface area contributed by atoms with Crippen LogP contribution in [0, 0.1) is 18.8 Å². The quantitative estimate of drug-likeness (QED) is 0.0993. The summed E-state index contributed by atoms with van der Waals surface area (Å²) in [5.74, 6) is -3.54. The normalized spacial score (nSPS) is 26.0. The van der Waals surface area contributed by atoms with Crippen molar-refractivity contribution >= 4 is 56.9 Å². The molecule has 0 radical (unpaired) electrons. The molecule has 0 aliphatic carbocycles. The van der Waals surface area contributed by atoms with Gasteiger partial charge in [0, 0.05) is 38.0 Å². The van der Waals surface area contributed by atoms with Gasteiger partial charge in [-0.3, -0.25) is 19.2 Å². The number of esters is 1. The number of amides is 3. The molecule has 0 aromatic heterocycles. The highest BCUT2D eigenvalue weighted by molar-refractivity contribution is 9.09. The number of likely N-dealkylation sites (tertiary alicyclic amines) is 1. The lowest BCUT2D eigenvalue weighted by Gasteiger charge is -2.37. The van der Waals surface area contributed by atoms with E-state index in [2.05, 4.69) is 29.1 Å². The van der Waals surface area contributed by atoms with Gasteiger partial charge in [0.1, 0.15) is 17.7 Å². The number of unbranched alkanes of at least 4 members (excludes halogenated alkanes) is 1. The predicted molar refractivity (Wildman–Crippen MR) is 199 cm³/mol. The Balaban J connectivity index is 1.53. The molecular formula is C39H47BrClN3O7. The lowest BCUT2D eigenvalue weighted by Crippen LogP contribution is -2.57. The molecule has 3 aliphatic heterocycles. The number of fused-ring (bicyclic) bond motifs is 1. The van der Waals surface area contributed by atoms with Crippen molar-refractivity contribution in [3.8, 4) is 0 Å². The van der Waals surface area contributed by atoms with E-state index in [1.165, 1.54) is 9.80 Å². The summed E-state index contributed by atoms with van der Waals surface area (Å²) in [6, 6.07) is 13.0. The Morgan fingerprint density at radius 1 is 1.16 bits per heavy atom. The van der Waals surface area contributed by atoms with Gasteiger partial charge >= 0.3 is 5.97 Å². The second kappa shape index (κ2) is 16.4. The van der Waals surface area contributed by atoms with Crippen molar-refractivity contribution in [3.05, 3.63) is 90.0 Å². The van der Waals surface area contributed by atoms with Crippen LogP contribution in [-0.2, 0) is 28.7 Å². The van der Waals surface area contributed by atoms with E-state index in [0.29, 0.717) is 42.0 Å². The van der Waals surface area contributed by atoms with Crippen molar-refractivity contribution in [2.45, 2.75) is 80.7 Å². The molecule has 12 heteroatoms. The Bertz CT molecular complexity index is 1620. The number of alkyl halides is 1. The van der Waals surface area contributed by atoms with Gasteiger partial charge in [-0.25, -0.2) is 0 Å². The number of rotatable bonds is 16. The zero-order chi connectivity index (χ0) is 37.0. The van der Waals surface area contributed by atoms with E-state index in [1.54, 1.807) is 36.2 Å². The first-order chi connectivity index (χ1) is 24.4. The third-order valence-corrected chi connectivity index (χ3v) is 11.7. The number of likely N-dealkylation sites (N-methyl/N-ethyl adjacent to an activating group) is 1. The van der Waals surface area contributed by atoms with Crippen LogP contribution in [0.25, 0.3) is 0 Å². The minimum absolute atomic E-state index is 0.0722. The van der Waals surface area contributed by atoms with Crippen molar-refractivity contribution < 1.29 is 33.8 Å². The predicted octanol–water partition coefficient (Wildman–Crippen LogP) is 5.79. The van der Waals surface area contributed by atoms with Crippen molar-refractivity contribution in [3.63, 3.8) is 0 Å². The zero-order valence-corrected chi connectivity index (χ0v) is 31.7. The number of ether oxygens (including phenoxy) is 2. The van der Waals surface area contributed by atoms with Gasteiger partial charge in [-0.1, -0.05) is 82.1 Å². The van der Waals surface area contributed by atoms with Gasteiger partial charge in [-0.05, 0) is 56.7 Å². The fraction of sp³-hybridized carbons (Fsp3) is 0.487. The third-order valence-electron chi connectivity index (χ3n) is 10.5. The van der Waals surface area contributed by atoms with Gasteiger partial charge in [0.15, 0.2) is 0 Å². The highest BCUT2D eigenvalue weighted by Gasteiger charge is 2.77. The van der Waals surface area contributed by atoms with E-state index in [0.717, 1.165) is 5.56 Å². The molecule has 0 saturated carbocycles. The third kappa shape index (κ3) is 7.27. The van der Waals surface area contributed by atoms with Crippen LogP contribution in [0.2, 0.25) is 5.02 Å². The number of hydrogen-bond donors (Lipinski definition) is 1. The topological polar surface area (TPSA) is 117 Å². The maximum absolute atomic E-state index is 14.9. The Kier molecular flexibility index (Phi) is 12.5. The van der Waals surface area contributed by atoms with Crippen LogP contribution in [0.3, 0.4) is 0 Å². The van der Waals surface area contributed by atoms with Gasteiger partial charge in [-0.15, -0.1) is 13.2 Å². The summed E-state index contributed by atoms with van der Waals surface area (Å²) in [5.41, 5.74) is 0.642. The van der Waals surface area contributed by atoms with Crippen LogP contribution in [-0.4, -0.2) is 94.0 Å². The summed E-state index contributed by atoms with van der Waals surface area (Å²) in [7, 11) is 1.68. The molecule has 1 unspecified atom stereocenters. The summed E-state index contributed by atoms with van der Waals surface area (Å²) >= 11 is 10.4. The van der Waals surface area contributed by atoms with Crippen LogP contribution in [0.15, 0.2) is 73.8 Å². The minimum atomic E-state index is -1.34. The van der Waals surface area contributed by atoms with Crippen molar-refractivity contribution in [2.24, 2.45) is 11.8 Å². The van der Waals surface area contributed by atoms with Crippen molar-refractivity contribution in [2.75, 3.05) is 31.6 Å². The van der Waals surface area contributed by atoms with Crippen LogP contribution in [0.1, 0.15) is 56.3 Å². The van der Waals surface area contributed by atoms with Gasteiger partial charge in [-0.2, -0.15) is 0 Å². The average molecular weight is 785 g/mol. The van der Waals surface area contributed by atoms with Gasteiger partial charge in [0.2, 0.25) is 11.8 Å². The molecule has 5 rings (SSSR count). The standard InChI is InChI=1S/C39H47BrClN3O7/c1-6-8-19-29(46)42(5)25(4)33(26-16-10-9-11-17-26)50-38(49)30-31-36(47)44(21-12-13-22-45)35(39(31)23-27(40)34(30)51-39)37(48)43(20-7-2)32-24(3)15-14-18-28(32)41/h6-7,9-11,14-18,25,27,30-31,33-35,45H,1-2,8,12-13,19-23H2,3-5H3/t25-,27?,30-,31+,33+,34-,35-,39+/m0/s1. The second-order valence-electron chi connectivity index (χ2n) is 13.6. The van der Waals surface area contributed by atoms with Gasteiger partial charge < -0.3 is 29.3 Å². The Morgan fingerprint density at radius 2 is 1.88 bits per heavy atom. The number of hydrogen-bond acceptors (Lipinski definition) is 7. The summed E-state index contributed by atoms with van der Waals surface area (Å²) in [5, 5.41) is 9.95. The number of anilines is 1. The van der Waals surface area contributed by atoms with E-state index < -0.39 is 53.6 Å². The molecule has 51 heavy (non-hydrogen) atoms. The number of carbonyl (C=O) groups is 4. The fourth-order valence-electron chi connectivity index (χ4n) is 7.97. The minimum Gasteiger partial charge on any atom is -0.455 e. The molecular weight excluding hydrogens is 738 g/mol. The molecule has 1 N–H and O–H groups in total. The van der Waals surface area contributed by atoms with E-state index in [1.807, 2.05) is 50.2 Å². The maximum atomic E-state index is 14.9. The molecule has 2 aromatic carbocycles. The van der Waals surface area contributed by atoms with E-state index >= 15 is 0 Å². The molecule has 2 bridgehead atoms. The van der Waals surface area contributed by atoms with Crippen LogP contribution < -0.4 is 4.90 Å². The number of halogens is 2. The second-order valence-corrected chi connectivity index (χ2v) is 15.2. The SMILES string of the molecule is C=CCCC(=O)N(C)[C@@H](C)[C@@H](OC(=O)[C@@H]1[C@H]2O[C@@]3(CC2Br)[C@H](C(=O)N(CC=C)c2c(C)cccc2Cl)N(CCCCO)C(=O)[C@@H]13)c1ccccc1. The lowest BCUT2D eigenvalue weighted by atomic mass is 9.70. The number of aliphatic hydroxyl groups excluding tert-OH is 1. The molecule has 3 amide bonds. The number of para-hydroxylation sites is 1. The molecule has 10 nitrogen and oxygen atoms in total. The summed E-state index contributed by atoms with van der Waals surface area (Å²) in [4.78, 5) is 61.4. The molecule has 274 valence electrons. The highest BCUT2D eigenvalue weighted by atomic mass is 79.9. The van der Waals surface area contributed by atoms with Crippen molar-refractivity contribution in [1.29, 1.82) is 0 Å². The van der Waals surface area contributed by atoms with E-state index in [-0.39, 0.29) is 42.8 Å². The summed E-state index contributed by atoms with van der Waals surface area (Å²) < 4.78 is 13.1. The van der Waals surface area contributed by atoms with E-state index in [4.69, 9.17) is 21.1 Å². The molecule has 8 atom stereocenters. The molecule has 3 aliphatic rings. The number of aliphatic hydroxyl groups is 1. The number of allylic oxidation sites excluding steroid dienone is 1. The number of benzene rings is 2. The number of aryl methyl sites for hydroxylation is 1. The van der Waals surface area contributed by atoms with Crippen LogP contribution >= 0.6 is 27.5 Å². The molecule has 3 heterocycles. The maximum Gasteiger partial charge on any atom is 0.313 e. The number of nitrogens with zero attached hydrogens (tertiary/aromatic N) is 3. The first-order valence-electron chi connectivity index (χ1n) is 17.5. The summed E-state index contributed by atoms with van der Waals surface area (Å²) in [6.45, 7) is 11.5. The zero-order valence-electron chi connectivity index (χ0n) is 29.4. The van der Waals surface area contributed by atoms with Gasteiger partial charge in [0.05, 0.1) is 34.7 Å². The average Bonchev–Trinajstić information content (AvgIpc) is 3.71.